The van der Waals surface area contributed by atoms with Crippen LogP contribution in [0.25, 0.3) is 0 Å². The van der Waals surface area contributed by atoms with Gasteiger partial charge in [-0.1, -0.05) is 15.9 Å². The molecule has 0 fully saturated rings. The van der Waals surface area contributed by atoms with Crippen LogP contribution in [-0.2, 0) is 12.8 Å². The first-order valence-corrected chi connectivity index (χ1v) is 7.54. The lowest BCUT2D eigenvalue weighted by Crippen LogP contribution is -2.30. The zero-order valence-corrected chi connectivity index (χ0v) is 12.9. The number of halogens is 2. The minimum Gasteiger partial charge on any atom is -0.508 e. The van der Waals surface area contributed by atoms with E-state index < -0.39 is 0 Å². The minimum atomic E-state index is 0.340. The molecule has 1 heterocycles. The predicted octanol–water partition coefficient (Wildman–Crippen LogP) is 3.78. The van der Waals surface area contributed by atoms with E-state index in [9.17, 15) is 5.11 Å². The van der Waals surface area contributed by atoms with Crippen LogP contribution in [0.15, 0.2) is 38.9 Å². The number of allylic oxidation sites excluding steroid dienone is 2. The van der Waals surface area contributed by atoms with Gasteiger partial charge in [0, 0.05) is 15.2 Å². The summed E-state index contributed by atoms with van der Waals surface area (Å²) in [7, 11) is 0. The van der Waals surface area contributed by atoms with Gasteiger partial charge < -0.3 is 10.4 Å². The van der Waals surface area contributed by atoms with Gasteiger partial charge in [0.25, 0.3) is 0 Å². The fourth-order valence-corrected chi connectivity index (χ4v) is 3.73. The summed E-state index contributed by atoms with van der Waals surface area (Å²) in [6, 6.07) is 4.04. The SMILES string of the molecule is Oc1cc(Br)c2c(c1)CCC1=CC(Br)=CNC1C2. The van der Waals surface area contributed by atoms with Gasteiger partial charge in [0.2, 0.25) is 0 Å². The third-order valence-corrected chi connectivity index (χ3v) is 4.72. The lowest BCUT2D eigenvalue weighted by Gasteiger charge is -2.23. The Bertz CT molecular complexity index is 563. The maximum Gasteiger partial charge on any atom is 0.116 e. The van der Waals surface area contributed by atoms with E-state index in [1.165, 1.54) is 16.7 Å². The summed E-state index contributed by atoms with van der Waals surface area (Å²) < 4.78 is 2.11. The topological polar surface area (TPSA) is 32.3 Å². The summed E-state index contributed by atoms with van der Waals surface area (Å²) in [5, 5.41) is 13.1. The molecule has 0 bridgehead atoms. The molecule has 1 aromatic carbocycles. The number of fused-ring (bicyclic) bond motifs is 2. The molecule has 2 aliphatic rings. The van der Waals surface area contributed by atoms with E-state index in [4.69, 9.17) is 0 Å². The van der Waals surface area contributed by atoms with Crippen LogP contribution in [0.4, 0.5) is 0 Å². The van der Waals surface area contributed by atoms with E-state index >= 15 is 0 Å². The van der Waals surface area contributed by atoms with Gasteiger partial charge in [0.15, 0.2) is 0 Å². The monoisotopic (exact) mass is 369 g/mol. The number of aryl methyl sites for hydroxylation is 1. The number of benzene rings is 1. The first kappa shape index (κ1) is 12.3. The highest BCUT2D eigenvalue weighted by molar-refractivity contribution is 9.12. The maximum absolute atomic E-state index is 9.68. The quantitative estimate of drug-likeness (QED) is 0.728. The normalized spacial score (nSPS) is 22.0. The molecular formula is C14H13Br2NO. The molecule has 1 aliphatic carbocycles. The Morgan fingerprint density at radius 3 is 2.89 bits per heavy atom. The van der Waals surface area contributed by atoms with Crippen molar-refractivity contribution in [1.82, 2.24) is 5.32 Å². The Morgan fingerprint density at radius 1 is 1.22 bits per heavy atom. The van der Waals surface area contributed by atoms with Crippen LogP contribution in [-0.4, -0.2) is 11.1 Å². The molecule has 1 aliphatic heterocycles. The van der Waals surface area contributed by atoms with Crippen LogP contribution >= 0.6 is 31.9 Å². The largest absolute Gasteiger partial charge is 0.508 e. The fraction of sp³-hybridized carbons (Fsp3) is 0.286. The van der Waals surface area contributed by atoms with Crippen molar-refractivity contribution < 1.29 is 5.11 Å². The summed E-state index contributed by atoms with van der Waals surface area (Å²) in [5.41, 5.74) is 3.97. The number of aromatic hydroxyl groups is 1. The van der Waals surface area contributed by atoms with Gasteiger partial charge in [-0.25, -0.2) is 0 Å². The van der Waals surface area contributed by atoms with E-state index in [0.29, 0.717) is 11.8 Å². The van der Waals surface area contributed by atoms with Gasteiger partial charge in [-0.3, -0.25) is 0 Å². The molecule has 0 spiro atoms. The Morgan fingerprint density at radius 2 is 2.06 bits per heavy atom. The van der Waals surface area contributed by atoms with E-state index in [0.717, 1.165) is 28.2 Å². The zero-order chi connectivity index (χ0) is 12.7. The second kappa shape index (κ2) is 4.74. The highest BCUT2D eigenvalue weighted by atomic mass is 79.9. The number of nitrogens with one attached hydrogen (secondary N) is 1. The van der Waals surface area contributed by atoms with Crippen molar-refractivity contribution in [3.8, 4) is 5.75 Å². The lowest BCUT2D eigenvalue weighted by molar-refractivity contribution is 0.474. The van der Waals surface area contributed by atoms with Crippen molar-refractivity contribution in [1.29, 1.82) is 0 Å². The highest BCUT2D eigenvalue weighted by Crippen LogP contribution is 2.34. The van der Waals surface area contributed by atoms with Crippen LogP contribution in [0.2, 0.25) is 0 Å². The van der Waals surface area contributed by atoms with E-state index in [-0.39, 0.29) is 0 Å². The molecule has 0 saturated heterocycles. The Labute approximate surface area is 123 Å². The molecule has 0 saturated carbocycles. The minimum absolute atomic E-state index is 0.340. The van der Waals surface area contributed by atoms with Crippen LogP contribution in [0.5, 0.6) is 5.75 Å². The molecule has 18 heavy (non-hydrogen) atoms. The summed E-state index contributed by atoms with van der Waals surface area (Å²) in [4.78, 5) is 0. The molecule has 1 atom stereocenters. The molecular weight excluding hydrogens is 358 g/mol. The maximum atomic E-state index is 9.68. The molecule has 4 heteroatoms. The third kappa shape index (κ3) is 2.24. The predicted molar refractivity (Wildman–Crippen MR) is 79.8 cm³/mol. The van der Waals surface area contributed by atoms with Gasteiger partial charge in [-0.2, -0.15) is 0 Å². The van der Waals surface area contributed by atoms with Crippen molar-refractivity contribution in [2.24, 2.45) is 0 Å². The molecule has 1 unspecified atom stereocenters. The second-order valence-corrected chi connectivity index (χ2v) is 6.51. The number of phenolic OH excluding ortho intramolecular Hbond substituents is 1. The Kier molecular flexibility index (Phi) is 3.24. The summed E-state index contributed by atoms with van der Waals surface area (Å²) in [6.07, 6.45) is 7.18. The van der Waals surface area contributed by atoms with Gasteiger partial charge in [-0.05, 0) is 70.1 Å². The molecule has 0 aromatic heterocycles. The van der Waals surface area contributed by atoms with Gasteiger partial charge >= 0.3 is 0 Å². The Hall–Kier alpha value is -0.740. The second-order valence-electron chi connectivity index (χ2n) is 4.74. The average Bonchev–Trinajstić information content (AvgIpc) is 2.49. The Balaban J connectivity index is 2.01. The third-order valence-electron chi connectivity index (χ3n) is 3.56. The van der Waals surface area contributed by atoms with Crippen molar-refractivity contribution in [3.63, 3.8) is 0 Å². The lowest BCUT2D eigenvalue weighted by atomic mass is 9.98. The molecule has 2 nitrogen and oxygen atoms in total. The first-order chi connectivity index (χ1) is 8.63. The van der Waals surface area contributed by atoms with Gasteiger partial charge in [-0.15, -0.1) is 0 Å². The highest BCUT2D eigenvalue weighted by Gasteiger charge is 2.24. The molecule has 94 valence electrons. The van der Waals surface area contributed by atoms with E-state index in [1.54, 1.807) is 6.07 Å². The van der Waals surface area contributed by atoms with E-state index in [1.807, 2.05) is 12.3 Å². The van der Waals surface area contributed by atoms with Crippen LogP contribution in [0.1, 0.15) is 17.5 Å². The van der Waals surface area contributed by atoms with Crippen molar-refractivity contribution in [2.45, 2.75) is 25.3 Å². The van der Waals surface area contributed by atoms with Gasteiger partial charge in [0.1, 0.15) is 5.75 Å². The molecule has 2 N–H and O–H groups in total. The van der Waals surface area contributed by atoms with Gasteiger partial charge in [0.05, 0.1) is 6.04 Å². The van der Waals surface area contributed by atoms with E-state index in [2.05, 4.69) is 43.3 Å². The summed E-state index contributed by atoms with van der Waals surface area (Å²) >= 11 is 7.07. The number of dihydropyridines is 1. The fourth-order valence-electron chi connectivity index (χ4n) is 2.66. The van der Waals surface area contributed by atoms with Crippen LogP contribution in [0.3, 0.4) is 0 Å². The number of hydrogen-bond donors (Lipinski definition) is 2. The van der Waals surface area contributed by atoms with Crippen molar-refractivity contribution in [3.05, 3.63) is 50.1 Å². The molecule has 0 radical (unpaired) electrons. The average molecular weight is 371 g/mol. The van der Waals surface area contributed by atoms with Crippen LogP contribution < -0.4 is 5.32 Å². The molecule has 0 amide bonds. The molecule has 1 aromatic rings. The number of hydrogen-bond acceptors (Lipinski definition) is 2. The molecule has 3 rings (SSSR count). The summed E-state index contributed by atoms with van der Waals surface area (Å²) in [6.45, 7) is 0. The zero-order valence-electron chi connectivity index (χ0n) is 9.71. The smallest absolute Gasteiger partial charge is 0.116 e. The first-order valence-electron chi connectivity index (χ1n) is 5.96. The van der Waals surface area contributed by atoms with Crippen LogP contribution in [0, 0.1) is 0 Å². The summed E-state index contributed by atoms with van der Waals surface area (Å²) in [5.74, 6) is 0.340. The van der Waals surface area contributed by atoms with Crippen molar-refractivity contribution in [2.75, 3.05) is 0 Å². The number of rotatable bonds is 0. The van der Waals surface area contributed by atoms with Crippen molar-refractivity contribution >= 4 is 31.9 Å². The standard InChI is InChI=1S/C14H13Br2NO/c15-10-3-9-2-1-8-4-11(18)5-13(16)12(8)6-14(9)17-7-10/h3-5,7,14,17-18H,1-2,6H2. The number of phenols is 1.